The van der Waals surface area contributed by atoms with E-state index in [2.05, 4.69) is 120 Å². The zero-order valence-corrected chi connectivity index (χ0v) is 29.2. The monoisotopic (exact) mass is 576 g/mol. The van der Waals surface area contributed by atoms with Crippen LogP contribution in [-0.4, -0.2) is 16.6 Å². The molecule has 0 heterocycles. The predicted molar refractivity (Wildman–Crippen MR) is 138 cm³/mol. The maximum absolute atomic E-state index is 2.44. The first-order valence-corrected chi connectivity index (χ1v) is 18.1. The topological polar surface area (TPSA) is 0 Å². The Morgan fingerprint density at radius 3 is 0.968 bits per heavy atom. The van der Waals surface area contributed by atoms with Crippen molar-refractivity contribution in [2.75, 3.05) is 0 Å². The molecule has 0 N–H and O–H groups in total. The SMILES string of the molecule is C[SiH2][Si](C)(C)C.Cc1cc(C(C)(C)C)c(C)[cH-]1.Cc1cc(C(C)(C)C)c(C)[cH-]1.[Cl-].[Cl-].[Zr+4]. The van der Waals surface area contributed by atoms with E-state index in [4.69, 9.17) is 0 Å². The number of hydrogen-bond acceptors (Lipinski definition) is 0. The van der Waals surface area contributed by atoms with Crippen molar-refractivity contribution in [3.63, 3.8) is 0 Å². The quantitative estimate of drug-likeness (QED) is 0.357. The molecule has 0 atom stereocenters. The molecule has 0 aromatic heterocycles. The fraction of sp³-hybridized carbons (Fsp3) is 0.615. The van der Waals surface area contributed by atoms with Gasteiger partial charge in [-0.15, -0.1) is 0 Å². The van der Waals surface area contributed by atoms with Crippen LogP contribution in [0.1, 0.15) is 74.9 Å². The van der Waals surface area contributed by atoms with Crippen LogP contribution in [0.2, 0.25) is 26.2 Å². The molecule has 0 fully saturated rings. The normalized spacial score (nSPS) is 11.3. The molecule has 0 radical (unpaired) electrons. The third kappa shape index (κ3) is 16.0. The van der Waals surface area contributed by atoms with Gasteiger partial charge in [-0.3, -0.25) is 0 Å². The van der Waals surface area contributed by atoms with E-state index < -0.39 is 7.59 Å². The number of rotatable bonds is 1. The molecule has 0 spiro atoms. The van der Waals surface area contributed by atoms with Crippen molar-refractivity contribution in [1.29, 1.82) is 0 Å². The summed E-state index contributed by atoms with van der Waals surface area (Å²) in [6.07, 6.45) is 0. The van der Waals surface area contributed by atoms with Gasteiger partial charge in [0.05, 0.1) is 0 Å². The van der Waals surface area contributed by atoms with Gasteiger partial charge >= 0.3 is 26.2 Å². The predicted octanol–water partition coefficient (Wildman–Crippen LogP) is 1.68. The summed E-state index contributed by atoms with van der Waals surface area (Å²) >= 11 is 0. The maximum atomic E-state index is 2.44. The smallest absolute Gasteiger partial charge is 1.00 e. The van der Waals surface area contributed by atoms with E-state index in [0.717, 1.165) is 0 Å². The Balaban J connectivity index is -0.000000175. The van der Waals surface area contributed by atoms with Gasteiger partial charge in [-0.25, -0.2) is 12.1 Å². The molecule has 0 nitrogen and oxygen atoms in total. The first-order valence-electron chi connectivity index (χ1n) is 10.9. The van der Waals surface area contributed by atoms with E-state index in [1.54, 1.807) is 0 Å². The minimum absolute atomic E-state index is 0. The minimum Gasteiger partial charge on any atom is -1.00 e. The molecule has 0 aliphatic heterocycles. The zero-order chi connectivity index (χ0) is 22.5. The Morgan fingerprint density at radius 1 is 0.677 bits per heavy atom. The van der Waals surface area contributed by atoms with E-state index in [1.165, 1.54) is 33.4 Å². The van der Waals surface area contributed by atoms with Gasteiger partial charge in [-0.2, -0.15) is 45.5 Å². The number of aryl methyl sites for hydroxylation is 4. The van der Waals surface area contributed by atoms with Crippen LogP contribution in [0.25, 0.3) is 0 Å². The third-order valence-electron chi connectivity index (χ3n) is 5.16. The van der Waals surface area contributed by atoms with E-state index in [0.29, 0.717) is 19.9 Å². The second-order valence-corrected chi connectivity index (χ2v) is 26.0. The molecule has 0 saturated carbocycles. The van der Waals surface area contributed by atoms with Crippen LogP contribution < -0.4 is 24.8 Å². The Kier molecular flexibility index (Phi) is 19.4. The fourth-order valence-electron chi connectivity index (χ4n) is 3.22. The number of halogens is 2. The van der Waals surface area contributed by atoms with Gasteiger partial charge < -0.3 is 24.8 Å². The summed E-state index contributed by atoms with van der Waals surface area (Å²) in [5.41, 5.74) is 9.19. The van der Waals surface area contributed by atoms with Gasteiger partial charge in [0.2, 0.25) is 0 Å². The molecule has 2 aromatic rings. The second-order valence-electron chi connectivity index (χ2n) is 11.7. The third-order valence-corrected chi connectivity index (χ3v) is 13.6. The summed E-state index contributed by atoms with van der Waals surface area (Å²) in [5.74, 6) is 0. The second kappa shape index (κ2) is 15.5. The maximum Gasteiger partial charge on any atom is 4.00 e. The average molecular weight is 579 g/mol. The Morgan fingerprint density at radius 2 is 0.903 bits per heavy atom. The average Bonchev–Trinajstić information content (AvgIpc) is 3.00. The molecule has 0 bridgehead atoms. The molecule has 0 unspecified atom stereocenters. The van der Waals surface area contributed by atoms with Crippen LogP contribution in [-0.2, 0) is 37.0 Å². The van der Waals surface area contributed by atoms with E-state index in [9.17, 15) is 0 Å². The van der Waals surface area contributed by atoms with Crippen LogP contribution in [0.3, 0.4) is 0 Å². The fourth-order valence-corrected chi connectivity index (χ4v) is 3.22. The molecule has 0 aliphatic rings. The zero-order valence-electron chi connectivity index (χ0n) is 22.8. The standard InChI is InChI=1S/2C11H17.C4H14Si2.2ClH.Zr/c2*1-8-6-9(2)10(7-8)11(3,4)5;1-5-6(2,3)4;;;/h2*6-7H,1-5H3;5H2,1-4H3;2*1H;/q2*-1;;;;+4/p-2. The van der Waals surface area contributed by atoms with Gasteiger partial charge in [-0.05, 0) is 0 Å². The molecule has 0 amide bonds. The van der Waals surface area contributed by atoms with Gasteiger partial charge in [-0.1, -0.05) is 106 Å². The van der Waals surface area contributed by atoms with Gasteiger partial charge in [0.15, 0.2) is 0 Å². The molecule has 178 valence electrons. The van der Waals surface area contributed by atoms with Gasteiger partial charge in [0, 0.05) is 16.6 Å². The Labute approximate surface area is 230 Å². The summed E-state index contributed by atoms with van der Waals surface area (Å²) in [7, 11) is -0.101. The Bertz CT molecular complexity index is 668. The van der Waals surface area contributed by atoms with E-state index >= 15 is 0 Å². The van der Waals surface area contributed by atoms with Crippen molar-refractivity contribution in [1.82, 2.24) is 0 Å². The molecule has 31 heavy (non-hydrogen) atoms. The summed E-state index contributed by atoms with van der Waals surface area (Å²) in [6, 6.07) is 9.08. The summed E-state index contributed by atoms with van der Waals surface area (Å²) in [4.78, 5) is 0. The summed E-state index contributed by atoms with van der Waals surface area (Å²) < 4.78 is 0. The van der Waals surface area contributed by atoms with Crippen molar-refractivity contribution >= 4 is 16.6 Å². The van der Waals surface area contributed by atoms with Crippen molar-refractivity contribution in [3.8, 4) is 0 Å². The molecule has 5 heteroatoms. The summed E-state index contributed by atoms with van der Waals surface area (Å²) in [5, 5.41) is 0. The first-order chi connectivity index (χ1) is 12.4. The van der Waals surface area contributed by atoms with Crippen LogP contribution in [0.15, 0.2) is 24.3 Å². The van der Waals surface area contributed by atoms with Crippen LogP contribution >= 0.6 is 0 Å². The van der Waals surface area contributed by atoms with Crippen molar-refractivity contribution < 1.29 is 51.0 Å². The first kappa shape index (κ1) is 38.8. The van der Waals surface area contributed by atoms with Crippen molar-refractivity contribution in [2.24, 2.45) is 0 Å². The van der Waals surface area contributed by atoms with E-state index in [1.807, 2.05) is 0 Å². The summed E-state index contributed by atoms with van der Waals surface area (Å²) in [6.45, 7) is 32.0. The van der Waals surface area contributed by atoms with Crippen LogP contribution in [0.5, 0.6) is 0 Å². The number of hydrogen-bond donors (Lipinski definition) is 0. The van der Waals surface area contributed by atoms with Crippen LogP contribution in [0, 0.1) is 27.7 Å². The molecule has 0 saturated heterocycles. The van der Waals surface area contributed by atoms with Gasteiger partial charge in [0.1, 0.15) is 0 Å². The van der Waals surface area contributed by atoms with E-state index in [-0.39, 0.29) is 51.0 Å². The molecule has 2 rings (SSSR count). The van der Waals surface area contributed by atoms with Crippen LogP contribution in [0.4, 0.5) is 0 Å². The van der Waals surface area contributed by atoms with Crippen molar-refractivity contribution in [3.05, 3.63) is 57.6 Å². The van der Waals surface area contributed by atoms with Gasteiger partial charge in [0.25, 0.3) is 0 Å². The van der Waals surface area contributed by atoms with Crippen molar-refractivity contribution in [2.45, 2.75) is 106 Å². The minimum atomic E-state index is -0.492. The largest absolute Gasteiger partial charge is 4.00 e. The molecule has 0 aliphatic carbocycles. The molecular formula is C26H48Cl2Si2Zr. The Hall–Kier alpha value is 0.597. The molecular weight excluding hydrogens is 531 g/mol. The molecule has 2 aromatic carbocycles.